The lowest BCUT2D eigenvalue weighted by Gasteiger charge is -2.37. The summed E-state index contributed by atoms with van der Waals surface area (Å²) in [5.74, 6) is -1.27. The van der Waals surface area contributed by atoms with Gasteiger partial charge >= 0.3 is 5.97 Å². The zero-order chi connectivity index (χ0) is 16.2. The molecule has 1 amide bonds. The van der Waals surface area contributed by atoms with E-state index in [-0.39, 0.29) is 12.3 Å². The number of rotatable bonds is 6. The zero-order valence-corrected chi connectivity index (χ0v) is 13.6. The Morgan fingerprint density at radius 3 is 2.48 bits per heavy atom. The van der Waals surface area contributed by atoms with Crippen LogP contribution in [-0.2, 0) is 19.6 Å². The monoisotopic (exact) mass is 320 g/mol. The van der Waals surface area contributed by atoms with Crippen molar-refractivity contribution in [3.05, 3.63) is 0 Å². The third kappa shape index (κ3) is 4.67. The highest BCUT2D eigenvalue weighted by atomic mass is 32.2. The Bertz CT molecular complexity index is 491. The van der Waals surface area contributed by atoms with Crippen LogP contribution in [0.3, 0.4) is 0 Å². The second-order valence-electron chi connectivity index (χ2n) is 5.46. The van der Waals surface area contributed by atoms with Crippen LogP contribution in [0.1, 0.15) is 39.5 Å². The fourth-order valence-electron chi connectivity index (χ4n) is 2.79. The highest BCUT2D eigenvalue weighted by molar-refractivity contribution is 7.88. The van der Waals surface area contributed by atoms with E-state index >= 15 is 0 Å². The van der Waals surface area contributed by atoms with E-state index in [4.69, 9.17) is 5.11 Å². The van der Waals surface area contributed by atoms with Gasteiger partial charge in [-0.3, -0.25) is 9.59 Å². The number of piperidine rings is 1. The minimum atomic E-state index is -3.44. The molecule has 122 valence electrons. The van der Waals surface area contributed by atoms with Gasteiger partial charge in [-0.2, -0.15) is 4.31 Å². The van der Waals surface area contributed by atoms with Crippen molar-refractivity contribution in [3.8, 4) is 0 Å². The summed E-state index contributed by atoms with van der Waals surface area (Å²) in [4.78, 5) is 24.9. The van der Waals surface area contributed by atoms with E-state index in [1.165, 1.54) is 9.21 Å². The summed E-state index contributed by atoms with van der Waals surface area (Å²) in [6, 6.07) is -1.16. The molecular formula is C13H24N2O5S. The van der Waals surface area contributed by atoms with E-state index in [2.05, 4.69) is 0 Å². The van der Waals surface area contributed by atoms with Crippen LogP contribution in [0.4, 0.5) is 0 Å². The molecule has 0 saturated carbocycles. The first-order valence-corrected chi connectivity index (χ1v) is 9.02. The first-order chi connectivity index (χ1) is 9.68. The van der Waals surface area contributed by atoms with Crippen LogP contribution in [0.15, 0.2) is 0 Å². The maximum absolute atomic E-state index is 12.6. The Hall–Kier alpha value is -1.15. The first kappa shape index (κ1) is 17.9. The minimum absolute atomic E-state index is 0.148. The molecule has 7 nitrogen and oxygen atoms in total. The van der Waals surface area contributed by atoms with Crippen molar-refractivity contribution >= 4 is 21.9 Å². The second-order valence-corrected chi connectivity index (χ2v) is 7.39. The summed E-state index contributed by atoms with van der Waals surface area (Å²) in [5, 5.41) is 8.86. The van der Waals surface area contributed by atoms with Gasteiger partial charge in [-0.1, -0.05) is 6.42 Å². The van der Waals surface area contributed by atoms with Crippen LogP contribution < -0.4 is 0 Å². The molecule has 2 atom stereocenters. The molecule has 1 aliphatic heterocycles. The molecule has 0 bridgehead atoms. The predicted molar refractivity (Wildman–Crippen MR) is 78.3 cm³/mol. The second kappa shape index (κ2) is 7.22. The molecule has 2 unspecified atom stereocenters. The molecule has 21 heavy (non-hydrogen) atoms. The predicted octanol–water partition coefficient (Wildman–Crippen LogP) is 0.512. The zero-order valence-electron chi connectivity index (χ0n) is 12.8. The highest BCUT2D eigenvalue weighted by Crippen LogP contribution is 2.22. The number of amides is 1. The van der Waals surface area contributed by atoms with Gasteiger partial charge in [-0.15, -0.1) is 0 Å². The number of hydrogen-bond acceptors (Lipinski definition) is 4. The number of likely N-dealkylation sites (N-methyl/N-ethyl adjacent to an activating group) is 1. The number of sulfonamides is 1. The van der Waals surface area contributed by atoms with Gasteiger partial charge in [-0.25, -0.2) is 8.42 Å². The van der Waals surface area contributed by atoms with Gasteiger partial charge in [0.05, 0.1) is 12.7 Å². The Balaban J connectivity index is 2.93. The molecule has 1 aliphatic rings. The van der Waals surface area contributed by atoms with E-state index in [1.807, 2.05) is 0 Å². The third-order valence-corrected chi connectivity index (χ3v) is 5.08. The molecular weight excluding hydrogens is 296 g/mol. The Morgan fingerprint density at radius 2 is 2.00 bits per heavy atom. The fourth-order valence-corrected chi connectivity index (χ4v) is 3.91. The number of carbonyl (C=O) groups is 2. The van der Waals surface area contributed by atoms with Crippen molar-refractivity contribution in [2.45, 2.75) is 51.6 Å². The average Bonchev–Trinajstić information content (AvgIpc) is 2.37. The van der Waals surface area contributed by atoms with Crippen LogP contribution in [0.5, 0.6) is 0 Å². The Morgan fingerprint density at radius 1 is 1.38 bits per heavy atom. The third-order valence-electron chi connectivity index (χ3n) is 3.79. The van der Waals surface area contributed by atoms with Crippen LogP contribution in [-0.4, -0.2) is 66.0 Å². The van der Waals surface area contributed by atoms with E-state index in [9.17, 15) is 18.0 Å². The van der Waals surface area contributed by atoms with Gasteiger partial charge in [0, 0.05) is 19.1 Å². The van der Waals surface area contributed by atoms with E-state index in [0.29, 0.717) is 19.5 Å². The van der Waals surface area contributed by atoms with Crippen LogP contribution >= 0.6 is 0 Å². The number of carboxylic acids is 1. The SMILES string of the molecule is CCN(C(=O)C1CCCCN1S(C)(=O)=O)C(C)CC(=O)O. The van der Waals surface area contributed by atoms with Gasteiger partial charge in [0.1, 0.15) is 6.04 Å². The summed E-state index contributed by atoms with van der Waals surface area (Å²) >= 11 is 0. The Labute approximate surface area is 126 Å². The van der Waals surface area contributed by atoms with Crippen LogP contribution in [0.25, 0.3) is 0 Å². The molecule has 0 radical (unpaired) electrons. The van der Waals surface area contributed by atoms with Gasteiger partial charge in [0.15, 0.2) is 0 Å². The van der Waals surface area contributed by atoms with Gasteiger partial charge < -0.3 is 10.0 Å². The lowest BCUT2D eigenvalue weighted by atomic mass is 10.0. The molecule has 0 aromatic carbocycles. The molecule has 1 heterocycles. The van der Waals surface area contributed by atoms with Crippen molar-refractivity contribution in [2.75, 3.05) is 19.3 Å². The molecule has 1 N–H and O–H groups in total. The number of carboxylic acid groups (broad SMARTS) is 1. The summed E-state index contributed by atoms with van der Waals surface area (Å²) in [7, 11) is -3.44. The molecule has 0 spiro atoms. The molecule has 0 aliphatic carbocycles. The van der Waals surface area contributed by atoms with Crippen molar-refractivity contribution in [3.63, 3.8) is 0 Å². The maximum Gasteiger partial charge on any atom is 0.305 e. The van der Waals surface area contributed by atoms with Gasteiger partial charge in [0.2, 0.25) is 15.9 Å². The molecule has 8 heteroatoms. The van der Waals surface area contributed by atoms with Crippen LogP contribution in [0, 0.1) is 0 Å². The quantitative estimate of drug-likeness (QED) is 0.769. The maximum atomic E-state index is 12.6. The van der Waals surface area contributed by atoms with Gasteiger partial charge in [-0.05, 0) is 26.7 Å². The summed E-state index contributed by atoms with van der Waals surface area (Å²) in [5.41, 5.74) is 0. The molecule has 0 aromatic rings. The summed E-state index contributed by atoms with van der Waals surface area (Å²) in [6.07, 6.45) is 2.99. The number of aliphatic carboxylic acids is 1. The lowest BCUT2D eigenvalue weighted by Crippen LogP contribution is -2.54. The topological polar surface area (TPSA) is 95.0 Å². The number of hydrogen-bond donors (Lipinski definition) is 1. The first-order valence-electron chi connectivity index (χ1n) is 7.17. The normalized spacial score (nSPS) is 21.8. The van der Waals surface area contributed by atoms with E-state index < -0.39 is 28.1 Å². The van der Waals surface area contributed by atoms with E-state index in [0.717, 1.165) is 19.1 Å². The number of carbonyl (C=O) groups excluding carboxylic acids is 1. The number of nitrogens with zero attached hydrogens (tertiary/aromatic N) is 2. The average molecular weight is 320 g/mol. The highest BCUT2D eigenvalue weighted by Gasteiger charge is 2.37. The molecule has 1 fully saturated rings. The van der Waals surface area contributed by atoms with Crippen molar-refractivity contribution in [1.29, 1.82) is 0 Å². The van der Waals surface area contributed by atoms with Crippen molar-refractivity contribution < 1.29 is 23.1 Å². The van der Waals surface area contributed by atoms with Crippen LogP contribution in [0.2, 0.25) is 0 Å². The molecule has 1 saturated heterocycles. The molecule has 0 aromatic heterocycles. The summed E-state index contributed by atoms with van der Waals surface area (Å²) < 4.78 is 24.9. The van der Waals surface area contributed by atoms with Gasteiger partial charge in [0.25, 0.3) is 0 Å². The van der Waals surface area contributed by atoms with Crippen molar-refractivity contribution in [1.82, 2.24) is 9.21 Å². The smallest absolute Gasteiger partial charge is 0.305 e. The minimum Gasteiger partial charge on any atom is -0.481 e. The largest absolute Gasteiger partial charge is 0.481 e. The van der Waals surface area contributed by atoms with E-state index in [1.54, 1.807) is 13.8 Å². The Kier molecular flexibility index (Phi) is 6.15. The standard InChI is InChI=1S/C13H24N2O5S/c1-4-14(10(2)9-12(16)17)13(18)11-7-5-6-8-15(11)21(3,19)20/h10-11H,4-9H2,1-3H3,(H,16,17). The molecule has 1 rings (SSSR count). The summed E-state index contributed by atoms with van der Waals surface area (Å²) in [6.45, 7) is 4.15. The lowest BCUT2D eigenvalue weighted by molar-refractivity contribution is -0.142. The fraction of sp³-hybridized carbons (Fsp3) is 0.846. The van der Waals surface area contributed by atoms with Crippen molar-refractivity contribution in [2.24, 2.45) is 0 Å².